The molecule has 0 bridgehead atoms. The van der Waals surface area contributed by atoms with Gasteiger partial charge in [0.1, 0.15) is 0 Å². The molecule has 0 aromatic heterocycles. The summed E-state index contributed by atoms with van der Waals surface area (Å²) in [4.78, 5) is 21.8. The van der Waals surface area contributed by atoms with E-state index in [-0.39, 0.29) is 29.6 Å². The van der Waals surface area contributed by atoms with E-state index in [1.54, 1.807) is 20.8 Å². The molecule has 1 rings (SSSR count). The molecule has 0 aliphatic carbocycles. The predicted octanol–water partition coefficient (Wildman–Crippen LogP) is -0.911. The third-order valence-corrected chi connectivity index (χ3v) is 6.98. The van der Waals surface area contributed by atoms with Gasteiger partial charge in [0.15, 0.2) is 0 Å². The van der Waals surface area contributed by atoms with Crippen LogP contribution in [0, 0.1) is 16.0 Å². The molecule has 2 N–H and O–H groups in total. The number of nitrogens with one attached hydrogen (secondary N) is 1. The molecule has 1 atom stereocenters. The first-order valence-electron chi connectivity index (χ1n) is 8.76. The van der Waals surface area contributed by atoms with E-state index >= 15 is 0 Å². The molecule has 1 unspecified atom stereocenters. The van der Waals surface area contributed by atoms with Crippen molar-refractivity contribution in [3.8, 4) is 0 Å². The Morgan fingerprint density at radius 3 is 2.28 bits per heavy atom. The van der Waals surface area contributed by atoms with Gasteiger partial charge in [0.25, 0.3) is 0 Å². The van der Waals surface area contributed by atoms with Crippen LogP contribution in [0.4, 0.5) is 10.5 Å². The first-order chi connectivity index (χ1) is 13.2. The quantitative estimate of drug-likeness (QED) is 0.135. The number of carbonyl (C=O) groups is 1. The Kier molecular flexibility index (Phi) is 9.24. The predicted molar refractivity (Wildman–Crippen MR) is 102 cm³/mol. The van der Waals surface area contributed by atoms with Crippen LogP contribution >= 0.6 is 0 Å². The summed E-state index contributed by atoms with van der Waals surface area (Å²) in [5, 5.41) is 21.1. The third kappa shape index (κ3) is 8.80. The number of halogens is 1. The molecule has 0 saturated heterocycles. The summed E-state index contributed by atoms with van der Waals surface area (Å²) in [7, 11) is -3.98. The number of alkyl halides is 1. The third-order valence-electron chi connectivity index (χ3n) is 3.26. The fourth-order valence-electron chi connectivity index (χ4n) is 2.17. The molecule has 12 heteroatoms. The number of nitro groups is 1. The topological polar surface area (TPSA) is 139 Å². The van der Waals surface area contributed by atoms with Crippen LogP contribution in [0.5, 0.6) is 0 Å². The average molecular weight is 544 g/mol. The number of benzene rings is 1. The van der Waals surface area contributed by atoms with E-state index in [0.717, 1.165) is 16.4 Å². The number of hydrogen-bond acceptors (Lipinski definition) is 7. The molecule has 166 valence electrons. The van der Waals surface area contributed by atoms with Crippen LogP contribution in [0.2, 0.25) is 0 Å². The summed E-state index contributed by atoms with van der Waals surface area (Å²) in [6.07, 6.45) is -0.669. The number of rotatable bonds is 9. The van der Waals surface area contributed by atoms with E-state index in [4.69, 9.17) is 4.74 Å². The standard InChI is InChI=1S/C17H27IN3O7S/c1-12(2)10-20(11-15(22)18-19-16(23)28-17(3,4)5)29(26,27)14-8-6-13(7-9-14)21(24)25/h6-9,12,15,22H,10-11H2,1-5H3,(H,19,23)/q-1. The fourth-order valence-corrected chi connectivity index (χ4v) is 5.45. The molecular formula is C17H27IN3O7S-. The summed E-state index contributed by atoms with van der Waals surface area (Å²) < 4.78 is 33.6. The van der Waals surface area contributed by atoms with E-state index in [1.165, 1.54) is 12.1 Å². The van der Waals surface area contributed by atoms with Crippen LogP contribution in [0.25, 0.3) is 0 Å². The zero-order valence-corrected chi connectivity index (χ0v) is 19.9. The number of nitro benzene ring substituents is 1. The molecule has 1 aromatic rings. The SMILES string of the molecule is CC(C)CN(CC(O)[I-]NC(=O)OC(C)(C)C)S(=O)(=O)c1ccc([N+](=O)[O-])cc1. The van der Waals surface area contributed by atoms with Gasteiger partial charge in [0, 0.05) is 0 Å². The van der Waals surface area contributed by atoms with Crippen molar-refractivity contribution in [2.75, 3.05) is 13.1 Å². The van der Waals surface area contributed by atoms with Gasteiger partial charge in [-0.2, -0.15) is 0 Å². The Bertz CT molecular complexity index is 807. The van der Waals surface area contributed by atoms with Crippen molar-refractivity contribution >= 4 is 21.8 Å². The van der Waals surface area contributed by atoms with Gasteiger partial charge in [-0.25, -0.2) is 0 Å². The van der Waals surface area contributed by atoms with Gasteiger partial charge < -0.3 is 0 Å². The first kappa shape index (κ1) is 25.5. The second-order valence-electron chi connectivity index (χ2n) is 7.61. The van der Waals surface area contributed by atoms with Crippen molar-refractivity contribution in [3.63, 3.8) is 0 Å². The summed E-state index contributed by atoms with van der Waals surface area (Å²) in [6.45, 7) is 8.73. The van der Waals surface area contributed by atoms with Crippen molar-refractivity contribution in [1.82, 2.24) is 7.84 Å². The number of carbonyl (C=O) groups excluding carboxylic acids is 1. The van der Waals surface area contributed by atoms with Crippen molar-refractivity contribution in [2.24, 2.45) is 5.92 Å². The van der Waals surface area contributed by atoms with E-state index in [1.807, 2.05) is 13.8 Å². The summed E-state index contributed by atoms with van der Waals surface area (Å²) in [5.74, 6) is -0.0213. The Hall–Kier alpha value is -1.51. The van der Waals surface area contributed by atoms with Gasteiger partial charge >= 0.3 is 182 Å². The van der Waals surface area contributed by atoms with Crippen molar-refractivity contribution in [1.29, 1.82) is 0 Å². The Morgan fingerprint density at radius 1 is 1.28 bits per heavy atom. The maximum atomic E-state index is 13.0. The summed E-state index contributed by atoms with van der Waals surface area (Å²) in [6, 6.07) is 4.57. The molecule has 0 heterocycles. The second kappa shape index (κ2) is 10.5. The number of amides is 1. The van der Waals surface area contributed by atoms with Gasteiger partial charge in [0.2, 0.25) is 0 Å². The minimum absolute atomic E-state index is 0.0213. The molecule has 0 saturated carbocycles. The monoisotopic (exact) mass is 544 g/mol. The summed E-state index contributed by atoms with van der Waals surface area (Å²) in [5.41, 5.74) is -0.895. The van der Waals surface area contributed by atoms with Crippen LogP contribution in [0.1, 0.15) is 34.6 Å². The van der Waals surface area contributed by atoms with Gasteiger partial charge in [-0.3, -0.25) is 0 Å². The van der Waals surface area contributed by atoms with Crippen LogP contribution in [0.15, 0.2) is 29.2 Å². The van der Waals surface area contributed by atoms with Gasteiger partial charge in [-0.1, -0.05) is 0 Å². The number of ether oxygens (including phenoxy) is 1. The molecule has 0 radical (unpaired) electrons. The van der Waals surface area contributed by atoms with E-state index in [2.05, 4.69) is 3.53 Å². The molecule has 0 spiro atoms. The van der Waals surface area contributed by atoms with Gasteiger partial charge in [-0.15, -0.1) is 0 Å². The van der Waals surface area contributed by atoms with Crippen LogP contribution in [-0.2, 0) is 14.8 Å². The Morgan fingerprint density at radius 2 is 1.83 bits per heavy atom. The number of non-ortho nitro benzene ring substituents is 1. The second-order valence-corrected chi connectivity index (χ2v) is 12.1. The zero-order valence-electron chi connectivity index (χ0n) is 17.0. The average Bonchev–Trinajstić information content (AvgIpc) is 2.57. The molecular weight excluding hydrogens is 517 g/mol. The number of aliphatic hydroxyl groups is 1. The molecule has 0 aliphatic rings. The fraction of sp³-hybridized carbons (Fsp3) is 0.588. The Balaban J connectivity index is 2.89. The van der Waals surface area contributed by atoms with E-state index in [9.17, 15) is 28.4 Å². The van der Waals surface area contributed by atoms with Gasteiger partial charge in [0.05, 0.1) is 0 Å². The molecule has 1 amide bonds. The van der Waals surface area contributed by atoms with E-state index < -0.39 is 52.2 Å². The molecule has 0 aliphatic heterocycles. The summed E-state index contributed by atoms with van der Waals surface area (Å²) >= 11 is -1.29. The van der Waals surface area contributed by atoms with Crippen LogP contribution < -0.4 is 25.0 Å². The zero-order chi connectivity index (χ0) is 22.4. The Labute approximate surface area is 181 Å². The molecule has 0 fully saturated rings. The molecule has 1 aromatic carbocycles. The maximum absolute atomic E-state index is 13.0. The van der Waals surface area contributed by atoms with Crippen LogP contribution in [-0.4, -0.2) is 51.6 Å². The molecule has 10 nitrogen and oxygen atoms in total. The number of nitrogens with zero attached hydrogens (tertiary/aromatic N) is 2. The van der Waals surface area contributed by atoms with Gasteiger partial charge in [-0.05, 0) is 0 Å². The first-order valence-corrected chi connectivity index (χ1v) is 12.5. The van der Waals surface area contributed by atoms with Crippen LogP contribution in [0.3, 0.4) is 0 Å². The van der Waals surface area contributed by atoms with Crippen molar-refractivity contribution < 1.29 is 49.5 Å². The normalized spacial score (nSPS) is 13.5. The van der Waals surface area contributed by atoms with Crippen molar-refractivity contribution in [3.05, 3.63) is 34.4 Å². The van der Waals surface area contributed by atoms with Crippen molar-refractivity contribution in [2.45, 2.75) is 49.2 Å². The number of aliphatic hydroxyl groups excluding tert-OH is 1. The van der Waals surface area contributed by atoms with E-state index in [0.29, 0.717) is 0 Å². The number of sulfonamides is 1. The number of hydrogen-bond donors (Lipinski definition) is 2. The molecule has 29 heavy (non-hydrogen) atoms. The minimum atomic E-state index is -3.98.